The number of nitrogens with zero attached hydrogens (tertiary/aromatic N) is 2. The van der Waals surface area contributed by atoms with E-state index in [0.29, 0.717) is 21.6 Å². The molecule has 0 spiro atoms. The van der Waals surface area contributed by atoms with Gasteiger partial charge in [-0.05, 0) is 49.4 Å². The van der Waals surface area contributed by atoms with Gasteiger partial charge >= 0.3 is 0 Å². The van der Waals surface area contributed by atoms with Crippen molar-refractivity contribution in [2.45, 2.75) is 12.5 Å². The summed E-state index contributed by atoms with van der Waals surface area (Å²) in [5.74, 6) is 0.120. The highest BCUT2D eigenvalue weighted by Crippen LogP contribution is 2.28. The van der Waals surface area contributed by atoms with E-state index in [0.717, 1.165) is 17.5 Å². The Hall–Kier alpha value is -1.31. The van der Waals surface area contributed by atoms with Gasteiger partial charge in [-0.3, -0.25) is 4.79 Å². The molecule has 1 aromatic carbocycles. The molecule has 5 nitrogen and oxygen atoms in total. The Morgan fingerprint density at radius 2 is 2.14 bits per heavy atom. The summed E-state index contributed by atoms with van der Waals surface area (Å²) in [6.07, 6.45) is 1.73. The molecule has 2 heterocycles. The van der Waals surface area contributed by atoms with Crippen molar-refractivity contribution in [2.24, 2.45) is 0 Å². The number of carbonyl (C=O) groups is 1. The van der Waals surface area contributed by atoms with Crippen LogP contribution in [0.3, 0.4) is 0 Å². The number of hydrogen-bond acceptors (Lipinski definition) is 4. The Labute approximate surface area is 138 Å². The van der Waals surface area contributed by atoms with Crippen molar-refractivity contribution in [1.82, 2.24) is 9.97 Å². The lowest BCUT2D eigenvalue weighted by Crippen LogP contribution is -2.28. The number of nitrogens with one attached hydrogen (secondary N) is 1. The van der Waals surface area contributed by atoms with Gasteiger partial charge in [0.2, 0.25) is 0 Å². The first-order chi connectivity index (χ1) is 10.1. The Bertz CT molecular complexity index is 694. The Kier molecular flexibility index (Phi) is 4.32. The lowest BCUT2D eigenvalue weighted by atomic mass is 9.97. The molecule has 1 N–H and O–H groups in total. The fraction of sp³-hybridized carbons (Fsp3) is 0.214. The predicted molar refractivity (Wildman–Crippen MR) is 84.9 cm³/mol. The van der Waals surface area contributed by atoms with Crippen molar-refractivity contribution in [3.05, 3.63) is 50.8 Å². The van der Waals surface area contributed by atoms with Gasteiger partial charge in [0.25, 0.3) is 5.91 Å². The SMILES string of the molecule is O=C(Nc1ncc(Br)nc1Br)C1OCCc2ccccc21. The minimum absolute atomic E-state index is 0.250. The van der Waals surface area contributed by atoms with Crippen LogP contribution in [-0.2, 0) is 16.0 Å². The molecule has 108 valence electrons. The van der Waals surface area contributed by atoms with E-state index in [-0.39, 0.29) is 5.91 Å². The highest BCUT2D eigenvalue weighted by Gasteiger charge is 2.27. The van der Waals surface area contributed by atoms with Crippen molar-refractivity contribution >= 4 is 43.6 Å². The van der Waals surface area contributed by atoms with Crippen LogP contribution in [0.15, 0.2) is 39.7 Å². The molecule has 0 fully saturated rings. The molecule has 1 amide bonds. The van der Waals surface area contributed by atoms with Crippen molar-refractivity contribution in [3.8, 4) is 0 Å². The van der Waals surface area contributed by atoms with Gasteiger partial charge in [-0.1, -0.05) is 24.3 Å². The third-order valence-corrected chi connectivity index (χ3v) is 4.11. The summed E-state index contributed by atoms with van der Waals surface area (Å²) < 4.78 is 6.67. The number of carbonyl (C=O) groups excluding carboxylic acids is 1. The Morgan fingerprint density at radius 3 is 2.95 bits per heavy atom. The third kappa shape index (κ3) is 3.14. The van der Waals surface area contributed by atoms with Gasteiger partial charge in [0.15, 0.2) is 11.9 Å². The lowest BCUT2D eigenvalue weighted by molar-refractivity contribution is -0.128. The second-order valence-corrected chi connectivity index (χ2v) is 6.08. The van der Waals surface area contributed by atoms with E-state index in [1.54, 1.807) is 0 Å². The molecule has 1 atom stereocenters. The zero-order valence-electron chi connectivity index (χ0n) is 10.8. The smallest absolute Gasteiger partial charge is 0.259 e. The maximum Gasteiger partial charge on any atom is 0.259 e. The predicted octanol–water partition coefficient (Wildman–Crippen LogP) is 3.25. The van der Waals surface area contributed by atoms with E-state index >= 15 is 0 Å². The summed E-state index contributed by atoms with van der Waals surface area (Å²) in [6.45, 7) is 0.530. The van der Waals surface area contributed by atoms with Gasteiger partial charge < -0.3 is 10.1 Å². The summed E-state index contributed by atoms with van der Waals surface area (Å²) in [4.78, 5) is 20.7. The molecular formula is C14H11Br2N3O2. The minimum Gasteiger partial charge on any atom is -0.363 e. The van der Waals surface area contributed by atoms with Crippen LogP contribution in [0.1, 0.15) is 17.2 Å². The lowest BCUT2D eigenvalue weighted by Gasteiger charge is -2.25. The zero-order valence-corrected chi connectivity index (χ0v) is 14.0. The molecule has 1 aromatic heterocycles. The molecule has 0 bridgehead atoms. The van der Waals surface area contributed by atoms with Crippen LogP contribution >= 0.6 is 31.9 Å². The molecule has 0 radical (unpaired) electrons. The normalized spacial score (nSPS) is 17.1. The summed E-state index contributed by atoms with van der Waals surface area (Å²) >= 11 is 6.49. The van der Waals surface area contributed by atoms with Gasteiger partial charge in [-0.15, -0.1) is 0 Å². The number of aromatic nitrogens is 2. The van der Waals surface area contributed by atoms with Crippen molar-refractivity contribution in [2.75, 3.05) is 11.9 Å². The standard InChI is InChI=1S/C14H11Br2N3O2/c15-10-7-17-13(12(16)18-10)19-14(20)11-9-4-2-1-3-8(9)5-6-21-11/h1-4,7,11H,5-6H2,(H,17,19,20). The molecule has 7 heteroatoms. The van der Waals surface area contributed by atoms with Gasteiger partial charge in [0, 0.05) is 0 Å². The van der Waals surface area contributed by atoms with Gasteiger partial charge in [-0.25, -0.2) is 9.97 Å². The van der Waals surface area contributed by atoms with Gasteiger partial charge in [0.05, 0.1) is 12.8 Å². The second kappa shape index (κ2) is 6.21. The molecule has 0 saturated carbocycles. The molecule has 0 saturated heterocycles. The number of anilines is 1. The monoisotopic (exact) mass is 411 g/mol. The van der Waals surface area contributed by atoms with Gasteiger partial charge in [0.1, 0.15) is 9.21 Å². The average Bonchev–Trinajstić information content (AvgIpc) is 2.49. The maximum atomic E-state index is 12.4. The first-order valence-electron chi connectivity index (χ1n) is 6.33. The zero-order chi connectivity index (χ0) is 14.8. The second-order valence-electron chi connectivity index (χ2n) is 4.52. The molecule has 0 aliphatic carbocycles. The van der Waals surface area contributed by atoms with Crippen LogP contribution in [0.4, 0.5) is 5.82 Å². The Morgan fingerprint density at radius 1 is 1.33 bits per heavy atom. The van der Waals surface area contributed by atoms with Gasteiger partial charge in [-0.2, -0.15) is 0 Å². The fourth-order valence-corrected chi connectivity index (χ4v) is 3.13. The third-order valence-electron chi connectivity index (χ3n) is 3.17. The summed E-state index contributed by atoms with van der Waals surface area (Å²) in [6, 6.07) is 7.81. The van der Waals surface area contributed by atoms with Crippen LogP contribution < -0.4 is 5.32 Å². The molecule has 1 unspecified atom stereocenters. The van der Waals surface area contributed by atoms with Crippen LogP contribution in [0, 0.1) is 0 Å². The highest BCUT2D eigenvalue weighted by atomic mass is 79.9. The number of hydrogen-bond donors (Lipinski definition) is 1. The number of rotatable bonds is 2. The minimum atomic E-state index is -0.618. The molecule has 3 rings (SSSR count). The summed E-state index contributed by atoms with van der Waals surface area (Å²) in [7, 11) is 0. The number of halogens is 2. The van der Waals surface area contributed by atoms with E-state index in [4.69, 9.17) is 4.74 Å². The molecule has 1 aliphatic rings. The first kappa shape index (κ1) is 14.6. The van der Waals surface area contributed by atoms with Crippen molar-refractivity contribution in [1.29, 1.82) is 0 Å². The largest absolute Gasteiger partial charge is 0.363 e. The number of amides is 1. The summed E-state index contributed by atoms with van der Waals surface area (Å²) in [5.41, 5.74) is 2.05. The van der Waals surface area contributed by atoms with Crippen molar-refractivity contribution in [3.63, 3.8) is 0 Å². The molecule has 2 aromatic rings. The fourth-order valence-electron chi connectivity index (χ4n) is 2.22. The average molecular weight is 413 g/mol. The molecular weight excluding hydrogens is 402 g/mol. The van der Waals surface area contributed by atoms with E-state index in [1.807, 2.05) is 24.3 Å². The van der Waals surface area contributed by atoms with E-state index in [1.165, 1.54) is 6.20 Å². The first-order valence-corrected chi connectivity index (χ1v) is 7.92. The van der Waals surface area contributed by atoms with Crippen molar-refractivity contribution < 1.29 is 9.53 Å². The van der Waals surface area contributed by atoms with Crippen LogP contribution in [0.25, 0.3) is 0 Å². The Balaban J connectivity index is 1.83. The molecule has 21 heavy (non-hydrogen) atoms. The molecule has 1 aliphatic heterocycles. The summed E-state index contributed by atoms with van der Waals surface area (Å²) in [5, 5.41) is 2.74. The van der Waals surface area contributed by atoms with E-state index in [9.17, 15) is 4.79 Å². The number of ether oxygens (including phenoxy) is 1. The quantitative estimate of drug-likeness (QED) is 0.822. The van der Waals surface area contributed by atoms with Crippen LogP contribution in [0.5, 0.6) is 0 Å². The number of benzene rings is 1. The van der Waals surface area contributed by atoms with Crippen LogP contribution in [0.2, 0.25) is 0 Å². The topological polar surface area (TPSA) is 64.1 Å². The maximum absolute atomic E-state index is 12.4. The van der Waals surface area contributed by atoms with E-state index < -0.39 is 6.10 Å². The highest BCUT2D eigenvalue weighted by molar-refractivity contribution is 9.11. The van der Waals surface area contributed by atoms with E-state index in [2.05, 4.69) is 47.1 Å². The number of fused-ring (bicyclic) bond motifs is 1. The van der Waals surface area contributed by atoms with Crippen LogP contribution in [-0.4, -0.2) is 22.5 Å².